The lowest BCUT2D eigenvalue weighted by atomic mass is 9.75. The van der Waals surface area contributed by atoms with Crippen LogP contribution >= 0.6 is 0 Å². The number of likely N-dealkylation sites (N-methyl/N-ethyl adjacent to an activating group) is 1. The Morgan fingerprint density at radius 1 is 1.37 bits per heavy atom. The first-order valence-corrected chi connectivity index (χ1v) is 6.64. The molecule has 2 rings (SSSR count). The average molecular weight is 261 g/mol. The Kier molecular flexibility index (Phi) is 3.60. The highest BCUT2D eigenvalue weighted by Crippen LogP contribution is 2.40. The number of rotatable bonds is 3. The second-order valence-corrected chi connectivity index (χ2v) is 4.94. The maximum Gasteiger partial charge on any atom is 0.334 e. The van der Waals surface area contributed by atoms with Crippen LogP contribution in [-0.2, 0) is 21.5 Å². The van der Waals surface area contributed by atoms with E-state index in [0.717, 1.165) is 24.0 Å². The summed E-state index contributed by atoms with van der Waals surface area (Å²) >= 11 is 0. The third-order valence-electron chi connectivity index (χ3n) is 3.96. The fraction of sp³-hybridized carbons (Fsp3) is 0.467. The number of amides is 1. The highest BCUT2D eigenvalue weighted by atomic mass is 16.4. The van der Waals surface area contributed by atoms with E-state index in [2.05, 4.69) is 0 Å². The van der Waals surface area contributed by atoms with Crippen molar-refractivity contribution < 1.29 is 14.7 Å². The van der Waals surface area contributed by atoms with E-state index in [1.807, 2.05) is 31.2 Å². The molecule has 1 aromatic carbocycles. The van der Waals surface area contributed by atoms with Gasteiger partial charge in [-0.25, -0.2) is 4.79 Å². The molecule has 4 nitrogen and oxygen atoms in total. The minimum absolute atomic E-state index is 0.193. The Morgan fingerprint density at radius 2 is 2.05 bits per heavy atom. The molecular weight excluding hydrogens is 242 g/mol. The minimum atomic E-state index is -1.20. The second-order valence-electron chi connectivity index (χ2n) is 4.94. The van der Waals surface area contributed by atoms with E-state index < -0.39 is 11.5 Å². The summed E-state index contributed by atoms with van der Waals surface area (Å²) in [5.41, 5.74) is 0.608. The highest BCUT2D eigenvalue weighted by molar-refractivity contribution is 5.88. The van der Waals surface area contributed by atoms with Gasteiger partial charge in [-0.05, 0) is 37.3 Å². The van der Waals surface area contributed by atoms with Crippen molar-refractivity contribution in [3.8, 4) is 0 Å². The maximum absolute atomic E-state index is 11.9. The van der Waals surface area contributed by atoms with Gasteiger partial charge in [-0.3, -0.25) is 4.79 Å². The van der Waals surface area contributed by atoms with Gasteiger partial charge in [0.1, 0.15) is 0 Å². The zero-order valence-electron chi connectivity index (χ0n) is 11.3. The summed E-state index contributed by atoms with van der Waals surface area (Å²) in [7, 11) is 0. The molecule has 1 unspecified atom stereocenters. The third-order valence-corrected chi connectivity index (χ3v) is 3.96. The van der Waals surface area contributed by atoms with Crippen molar-refractivity contribution in [3.05, 3.63) is 35.4 Å². The number of fused-ring (bicyclic) bond motifs is 1. The Balaban J connectivity index is 2.65. The SMILES string of the molecule is CCN(C(C)=O)C1(C(=O)O)CCCc2ccccc21. The Morgan fingerprint density at radius 3 is 2.63 bits per heavy atom. The molecule has 0 saturated carbocycles. The number of nitrogens with zero attached hydrogens (tertiary/aromatic N) is 1. The van der Waals surface area contributed by atoms with Crippen molar-refractivity contribution in [1.29, 1.82) is 0 Å². The smallest absolute Gasteiger partial charge is 0.334 e. The van der Waals surface area contributed by atoms with Gasteiger partial charge in [0.15, 0.2) is 5.54 Å². The summed E-state index contributed by atoms with van der Waals surface area (Å²) in [6.45, 7) is 3.66. The lowest BCUT2D eigenvalue weighted by Crippen LogP contribution is -2.55. The number of hydrogen-bond donors (Lipinski definition) is 1. The fourth-order valence-electron chi connectivity index (χ4n) is 3.19. The molecule has 1 amide bonds. The van der Waals surface area contributed by atoms with Gasteiger partial charge in [0.25, 0.3) is 0 Å². The summed E-state index contributed by atoms with van der Waals surface area (Å²) in [6.07, 6.45) is 2.14. The van der Waals surface area contributed by atoms with E-state index in [-0.39, 0.29) is 5.91 Å². The van der Waals surface area contributed by atoms with Crippen LogP contribution in [0.15, 0.2) is 24.3 Å². The molecule has 1 aliphatic carbocycles. The summed E-state index contributed by atoms with van der Waals surface area (Å²) in [6, 6.07) is 7.56. The molecule has 1 aromatic rings. The summed E-state index contributed by atoms with van der Waals surface area (Å²) in [4.78, 5) is 25.3. The van der Waals surface area contributed by atoms with Gasteiger partial charge >= 0.3 is 5.97 Å². The number of carboxylic acid groups (broad SMARTS) is 1. The molecule has 0 aliphatic heterocycles. The van der Waals surface area contributed by atoms with Gasteiger partial charge in [-0.2, -0.15) is 0 Å². The molecule has 0 bridgehead atoms. The molecule has 19 heavy (non-hydrogen) atoms. The van der Waals surface area contributed by atoms with E-state index >= 15 is 0 Å². The highest BCUT2D eigenvalue weighted by Gasteiger charge is 2.49. The number of aryl methyl sites for hydroxylation is 1. The minimum Gasteiger partial charge on any atom is -0.479 e. The monoisotopic (exact) mass is 261 g/mol. The largest absolute Gasteiger partial charge is 0.479 e. The van der Waals surface area contributed by atoms with Crippen LogP contribution in [0.4, 0.5) is 0 Å². The van der Waals surface area contributed by atoms with Crippen molar-refractivity contribution in [2.45, 2.75) is 38.6 Å². The fourth-order valence-corrected chi connectivity index (χ4v) is 3.19. The van der Waals surface area contributed by atoms with Gasteiger partial charge < -0.3 is 10.0 Å². The van der Waals surface area contributed by atoms with Crippen LogP contribution in [-0.4, -0.2) is 28.4 Å². The van der Waals surface area contributed by atoms with Crippen LogP contribution < -0.4 is 0 Å². The summed E-state index contributed by atoms with van der Waals surface area (Å²) in [5, 5.41) is 9.79. The molecule has 0 aromatic heterocycles. The van der Waals surface area contributed by atoms with Crippen molar-refractivity contribution in [1.82, 2.24) is 4.90 Å². The number of hydrogen-bond acceptors (Lipinski definition) is 2. The van der Waals surface area contributed by atoms with Gasteiger partial charge in [-0.1, -0.05) is 24.3 Å². The number of benzene rings is 1. The van der Waals surface area contributed by atoms with Crippen LogP contribution in [0.25, 0.3) is 0 Å². The molecule has 1 aliphatic rings. The first-order valence-electron chi connectivity index (χ1n) is 6.64. The van der Waals surface area contributed by atoms with Crippen molar-refractivity contribution >= 4 is 11.9 Å². The number of aliphatic carboxylic acids is 1. The maximum atomic E-state index is 11.9. The number of carbonyl (C=O) groups is 2. The van der Waals surface area contributed by atoms with Gasteiger partial charge in [0, 0.05) is 13.5 Å². The molecule has 0 fully saturated rings. The predicted molar refractivity (Wildman–Crippen MR) is 71.8 cm³/mol. The molecule has 0 spiro atoms. The number of carboxylic acids is 1. The first kappa shape index (κ1) is 13.6. The lowest BCUT2D eigenvalue weighted by Gasteiger charge is -2.43. The Bertz CT molecular complexity index is 512. The van der Waals surface area contributed by atoms with E-state index in [1.54, 1.807) is 0 Å². The summed E-state index contributed by atoms with van der Waals surface area (Å²) in [5.74, 6) is -1.13. The zero-order valence-corrected chi connectivity index (χ0v) is 11.3. The predicted octanol–water partition coefficient (Wildman–Crippen LogP) is 2.17. The quantitative estimate of drug-likeness (QED) is 0.907. The van der Waals surface area contributed by atoms with Gasteiger partial charge in [-0.15, -0.1) is 0 Å². The summed E-state index contributed by atoms with van der Waals surface area (Å²) < 4.78 is 0. The molecule has 1 N–H and O–H groups in total. The van der Waals surface area contributed by atoms with Crippen LogP contribution in [0.3, 0.4) is 0 Å². The first-order chi connectivity index (χ1) is 9.04. The second kappa shape index (κ2) is 5.03. The topological polar surface area (TPSA) is 57.6 Å². The van der Waals surface area contributed by atoms with Crippen molar-refractivity contribution in [3.63, 3.8) is 0 Å². The van der Waals surface area contributed by atoms with Gasteiger partial charge in [0.2, 0.25) is 5.91 Å². The standard InChI is InChI=1S/C15H19NO3/c1-3-16(11(2)17)15(14(18)19)10-6-8-12-7-4-5-9-13(12)15/h4-5,7,9H,3,6,8,10H2,1-2H3,(H,18,19). The van der Waals surface area contributed by atoms with Crippen molar-refractivity contribution in [2.75, 3.05) is 6.54 Å². The van der Waals surface area contributed by atoms with Crippen LogP contribution in [0, 0.1) is 0 Å². The molecule has 1 atom stereocenters. The van der Waals surface area contributed by atoms with E-state index in [0.29, 0.717) is 13.0 Å². The van der Waals surface area contributed by atoms with Crippen LogP contribution in [0.1, 0.15) is 37.8 Å². The van der Waals surface area contributed by atoms with E-state index in [1.165, 1.54) is 11.8 Å². The molecule has 0 saturated heterocycles. The van der Waals surface area contributed by atoms with Gasteiger partial charge in [0.05, 0.1) is 0 Å². The lowest BCUT2D eigenvalue weighted by molar-refractivity contribution is -0.160. The zero-order chi connectivity index (χ0) is 14.0. The van der Waals surface area contributed by atoms with Crippen LogP contribution in [0.2, 0.25) is 0 Å². The third kappa shape index (κ3) is 2.01. The van der Waals surface area contributed by atoms with Crippen molar-refractivity contribution in [2.24, 2.45) is 0 Å². The van der Waals surface area contributed by atoms with E-state index in [4.69, 9.17) is 0 Å². The molecule has 4 heteroatoms. The normalized spacial score (nSPS) is 21.6. The van der Waals surface area contributed by atoms with Crippen LogP contribution in [0.5, 0.6) is 0 Å². The molecule has 0 heterocycles. The Hall–Kier alpha value is -1.84. The molecule has 102 valence electrons. The Labute approximate surface area is 113 Å². The average Bonchev–Trinajstić information content (AvgIpc) is 2.39. The van der Waals surface area contributed by atoms with E-state index in [9.17, 15) is 14.7 Å². The molecule has 0 radical (unpaired) electrons. The number of carbonyl (C=O) groups excluding carboxylic acids is 1. The molecular formula is C15H19NO3.